The Kier molecular flexibility index (Phi) is 6.35. The van der Waals surface area contributed by atoms with E-state index in [4.69, 9.17) is 4.74 Å². The molecule has 184 valence electrons. The summed E-state index contributed by atoms with van der Waals surface area (Å²) in [7, 11) is 0. The SMILES string of the molecule is CCn1c(C)cc2c(F)c(Oc3ncnc(Nc4ccc(N5CCNCC5)cn4)c3C#N)cc(F)c21. The Balaban J connectivity index is 1.43. The average Bonchev–Trinajstić information content (AvgIpc) is 3.25. The number of rotatable bonds is 6. The molecule has 2 N–H and O–H groups in total. The third-order valence-corrected chi connectivity index (χ3v) is 6.16. The third-order valence-electron chi connectivity index (χ3n) is 6.16. The van der Waals surface area contributed by atoms with Crippen LogP contribution in [0.3, 0.4) is 0 Å². The number of aryl methyl sites for hydroxylation is 2. The van der Waals surface area contributed by atoms with Crippen molar-refractivity contribution in [1.29, 1.82) is 5.26 Å². The van der Waals surface area contributed by atoms with Crippen molar-refractivity contribution in [3.63, 3.8) is 0 Å². The lowest BCUT2D eigenvalue weighted by molar-refractivity contribution is 0.424. The van der Waals surface area contributed by atoms with Crippen molar-refractivity contribution in [1.82, 2.24) is 24.8 Å². The normalized spacial score (nSPS) is 13.6. The molecule has 0 radical (unpaired) electrons. The maximum atomic E-state index is 15.3. The molecule has 0 spiro atoms. The summed E-state index contributed by atoms with van der Waals surface area (Å²) in [6, 6.07) is 8.24. The fourth-order valence-corrected chi connectivity index (χ4v) is 4.40. The van der Waals surface area contributed by atoms with Gasteiger partial charge in [0, 0.05) is 49.9 Å². The Morgan fingerprint density at radius 2 is 1.97 bits per heavy atom. The van der Waals surface area contributed by atoms with E-state index in [2.05, 4.69) is 30.5 Å². The minimum atomic E-state index is -0.733. The Morgan fingerprint density at radius 3 is 2.67 bits per heavy atom. The van der Waals surface area contributed by atoms with Gasteiger partial charge in [-0.2, -0.15) is 5.26 Å². The topological polar surface area (TPSA) is 104 Å². The Morgan fingerprint density at radius 1 is 1.17 bits per heavy atom. The first-order valence-corrected chi connectivity index (χ1v) is 11.6. The number of hydrogen-bond acceptors (Lipinski definition) is 8. The van der Waals surface area contributed by atoms with Crippen LogP contribution in [-0.4, -0.2) is 45.7 Å². The molecule has 0 saturated carbocycles. The van der Waals surface area contributed by atoms with E-state index in [1.54, 1.807) is 29.8 Å². The quantitative estimate of drug-likeness (QED) is 0.414. The molecule has 0 aliphatic carbocycles. The van der Waals surface area contributed by atoms with Gasteiger partial charge in [-0.15, -0.1) is 0 Å². The second-order valence-corrected chi connectivity index (χ2v) is 8.34. The van der Waals surface area contributed by atoms with Crippen molar-refractivity contribution in [3.8, 4) is 17.7 Å². The maximum absolute atomic E-state index is 15.3. The smallest absolute Gasteiger partial charge is 0.242 e. The average molecular weight is 491 g/mol. The van der Waals surface area contributed by atoms with E-state index < -0.39 is 11.6 Å². The zero-order valence-electron chi connectivity index (χ0n) is 19.8. The predicted molar refractivity (Wildman–Crippen MR) is 132 cm³/mol. The Labute approximate surface area is 206 Å². The lowest BCUT2D eigenvalue weighted by Gasteiger charge is -2.29. The second kappa shape index (κ2) is 9.75. The number of pyridine rings is 1. The summed E-state index contributed by atoms with van der Waals surface area (Å²) < 4.78 is 37.5. The van der Waals surface area contributed by atoms with Crippen LogP contribution in [0.1, 0.15) is 18.2 Å². The summed E-state index contributed by atoms with van der Waals surface area (Å²) in [5, 5.41) is 16.2. The molecule has 3 aromatic heterocycles. The number of halogens is 2. The van der Waals surface area contributed by atoms with E-state index in [1.165, 1.54) is 6.33 Å². The van der Waals surface area contributed by atoms with Crippen molar-refractivity contribution >= 4 is 28.2 Å². The Hall–Kier alpha value is -4.30. The molecule has 0 atom stereocenters. The molecule has 0 amide bonds. The van der Waals surface area contributed by atoms with Crippen LogP contribution in [0, 0.1) is 29.9 Å². The molecule has 1 aliphatic rings. The van der Waals surface area contributed by atoms with E-state index >= 15 is 4.39 Å². The van der Waals surface area contributed by atoms with Crippen molar-refractivity contribution in [3.05, 3.63) is 59.7 Å². The molecular formula is C25H24F2N8O. The van der Waals surface area contributed by atoms with E-state index in [-0.39, 0.29) is 33.9 Å². The number of nitrogens with zero attached hydrogens (tertiary/aromatic N) is 6. The number of fused-ring (bicyclic) bond motifs is 1. The van der Waals surface area contributed by atoms with Gasteiger partial charge in [-0.3, -0.25) is 0 Å². The molecule has 1 aromatic carbocycles. The highest BCUT2D eigenvalue weighted by Crippen LogP contribution is 2.35. The molecule has 36 heavy (non-hydrogen) atoms. The van der Waals surface area contributed by atoms with Crippen LogP contribution in [0.2, 0.25) is 0 Å². The molecule has 9 nitrogen and oxygen atoms in total. The molecule has 1 fully saturated rings. The van der Waals surface area contributed by atoms with Crippen molar-refractivity contribution in [2.45, 2.75) is 20.4 Å². The lowest BCUT2D eigenvalue weighted by Crippen LogP contribution is -2.43. The fourth-order valence-electron chi connectivity index (χ4n) is 4.40. The largest absolute Gasteiger partial charge is 0.434 e. The lowest BCUT2D eigenvalue weighted by atomic mass is 10.2. The van der Waals surface area contributed by atoms with Gasteiger partial charge in [-0.05, 0) is 32.0 Å². The van der Waals surface area contributed by atoms with Gasteiger partial charge in [0.05, 0.1) is 17.4 Å². The highest BCUT2D eigenvalue weighted by Gasteiger charge is 2.21. The van der Waals surface area contributed by atoms with E-state index in [0.29, 0.717) is 12.4 Å². The molecule has 0 bridgehead atoms. The van der Waals surface area contributed by atoms with Gasteiger partial charge in [0.1, 0.15) is 18.2 Å². The van der Waals surface area contributed by atoms with Crippen LogP contribution in [0.4, 0.5) is 26.1 Å². The molecule has 1 aliphatic heterocycles. The maximum Gasteiger partial charge on any atom is 0.242 e. The van der Waals surface area contributed by atoms with Crippen LogP contribution in [0.15, 0.2) is 36.8 Å². The van der Waals surface area contributed by atoms with Crippen molar-refractivity contribution in [2.75, 3.05) is 36.4 Å². The number of aromatic nitrogens is 4. The van der Waals surface area contributed by atoms with Gasteiger partial charge >= 0.3 is 0 Å². The van der Waals surface area contributed by atoms with Gasteiger partial charge in [0.15, 0.2) is 28.8 Å². The minimum absolute atomic E-state index is 0.0623. The minimum Gasteiger partial charge on any atom is -0.434 e. The molecule has 1 saturated heterocycles. The van der Waals surface area contributed by atoms with Crippen LogP contribution < -0.4 is 20.3 Å². The molecule has 11 heteroatoms. The van der Waals surface area contributed by atoms with Crippen LogP contribution in [-0.2, 0) is 6.54 Å². The van der Waals surface area contributed by atoms with E-state index in [9.17, 15) is 9.65 Å². The third kappa shape index (κ3) is 4.27. The monoisotopic (exact) mass is 490 g/mol. The first-order valence-electron chi connectivity index (χ1n) is 11.6. The van der Waals surface area contributed by atoms with Gasteiger partial charge in [-0.1, -0.05) is 0 Å². The molecule has 5 rings (SSSR count). The van der Waals surface area contributed by atoms with E-state index in [0.717, 1.165) is 43.6 Å². The summed E-state index contributed by atoms with van der Waals surface area (Å²) in [5.41, 5.74) is 1.83. The summed E-state index contributed by atoms with van der Waals surface area (Å²) in [6.07, 6.45) is 2.92. The number of ether oxygens (including phenoxy) is 1. The van der Waals surface area contributed by atoms with Gasteiger partial charge in [-0.25, -0.2) is 23.7 Å². The fraction of sp³-hybridized carbons (Fsp3) is 0.280. The Bertz CT molecular complexity index is 1460. The summed E-state index contributed by atoms with van der Waals surface area (Å²) in [4.78, 5) is 14.8. The number of anilines is 3. The van der Waals surface area contributed by atoms with Crippen molar-refractivity contribution in [2.24, 2.45) is 0 Å². The molecule has 4 aromatic rings. The number of piperazine rings is 1. The standard InChI is InChI=1S/C25H24F2N8O/c1-3-35-15(2)10-17-22(27)20(11-19(26)23(17)35)36-25-18(12-28)24(31-14-32-25)33-21-5-4-16(13-30-21)34-8-6-29-7-9-34/h4-5,10-11,13-14,29H,3,6-9H2,1-2H3,(H,30,31,32,33). The summed E-state index contributed by atoms with van der Waals surface area (Å²) >= 11 is 0. The molecular weight excluding hydrogens is 466 g/mol. The first-order chi connectivity index (χ1) is 17.5. The highest BCUT2D eigenvalue weighted by atomic mass is 19.1. The highest BCUT2D eigenvalue weighted by molar-refractivity contribution is 5.84. The zero-order valence-corrected chi connectivity index (χ0v) is 19.8. The second-order valence-electron chi connectivity index (χ2n) is 8.34. The molecule has 0 unspecified atom stereocenters. The number of nitrogens with one attached hydrogen (secondary N) is 2. The van der Waals surface area contributed by atoms with E-state index in [1.807, 2.05) is 19.1 Å². The number of benzene rings is 1. The summed E-state index contributed by atoms with van der Waals surface area (Å²) in [5.74, 6) is -1.32. The van der Waals surface area contributed by atoms with Gasteiger partial charge in [0.25, 0.3) is 0 Å². The van der Waals surface area contributed by atoms with Crippen molar-refractivity contribution < 1.29 is 13.5 Å². The zero-order chi connectivity index (χ0) is 25.2. The van der Waals surface area contributed by atoms with Gasteiger partial charge in [0.2, 0.25) is 5.88 Å². The van der Waals surface area contributed by atoms with Crippen LogP contribution >= 0.6 is 0 Å². The van der Waals surface area contributed by atoms with Crippen LogP contribution in [0.5, 0.6) is 11.6 Å². The first kappa shape index (κ1) is 23.4. The molecule has 4 heterocycles. The van der Waals surface area contributed by atoms with Crippen LogP contribution in [0.25, 0.3) is 10.9 Å². The number of nitriles is 1. The predicted octanol–water partition coefficient (Wildman–Crippen LogP) is 4.25. The summed E-state index contributed by atoms with van der Waals surface area (Å²) in [6.45, 7) is 7.75. The number of hydrogen-bond donors (Lipinski definition) is 2. The van der Waals surface area contributed by atoms with Gasteiger partial charge < -0.3 is 24.8 Å².